The first-order valence-electron chi connectivity index (χ1n) is 8.04. The van der Waals surface area contributed by atoms with E-state index in [0.717, 1.165) is 0 Å². The highest BCUT2D eigenvalue weighted by molar-refractivity contribution is 5.87. The Kier molecular flexibility index (Phi) is 5.01. The van der Waals surface area contributed by atoms with Crippen LogP contribution in [-0.4, -0.2) is 57.8 Å². The number of aromatic carboxylic acids is 1. The molecule has 1 aromatic heterocycles. The highest BCUT2D eigenvalue weighted by atomic mass is 16.6. The van der Waals surface area contributed by atoms with Gasteiger partial charge in [0.05, 0.1) is 5.56 Å². The van der Waals surface area contributed by atoms with E-state index in [-0.39, 0.29) is 23.7 Å². The number of carbonyl (C=O) groups is 2. The zero-order valence-corrected chi connectivity index (χ0v) is 14.8. The van der Waals surface area contributed by atoms with Gasteiger partial charge in [0.1, 0.15) is 11.4 Å². The van der Waals surface area contributed by atoms with Crippen molar-refractivity contribution in [1.29, 1.82) is 0 Å². The fourth-order valence-corrected chi connectivity index (χ4v) is 2.70. The number of carbonyl (C=O) groups excluding carboxylic acids is 1. The van der Waals surface area contributed by atoms with Gasteiger partial charge in [0.2, 0.25) is 0 Å². The Labute approximate surface area is 142 Å². The number of piperazine rings is 1. The molecular formula is C17H25N3O4. The summed E-state index contributed by atoms with van der Waals surface area (Å²) < 4.78 is 5.47. The van der Waals surface area contributed by atoms with Crippen LogP contribution in [0.3, 0.4) is 0 Å². The SMILES string of the molecule is CC1CN(c2ccc(C(=O)O)cn2)C(C)CN1C(=O)OC(C)(C)C. The summed E-state index contributed by atoms with van der Waals surface area (Å²) in [7, 11) is 0. The number of carboxylic acids is 1. The summed E-state index contributed by atoms with van der Waals surface area (Å²) in [5.41, 5.74) is -0.363. The van der Waals surface area contributed by atoms with Gasteiger partial charge in [0.25, 0.3) is 0 Å². The van der Waals surface area contributed by atoms with Gasteiger partial charge in [-0.25, -0.2) is 14.6 Å². The minimum atomic E-state index is -0.995. The van der Waals surface area contributed by atoms with Crippen LogP contribution in [-0.2, 0) is 4.74 Å². The highest BCUT2D eigenvalue weighted by Crippen LogP contribution is 2.23. The smallest absolute Gasteiger partial charge is 0.410 e. The molecule has 0 bridgehead atoms. The standard InChI is InChI=1S/C17H25N3O4/c1-11-10-20(16(23)24-17(3,4)5)12(2)9-19(11)14-7-6-13(8-18-14)15(21)22/h6-8,11-12H,9-10H2,1-5H3,(H,21,22). The first-order valence-corrected chi connectivity index (χ1v) is 8.04. The molecule has 2 rings (SSSR count). The number of nitrogens with zero attached hydrogens (tertiary/aromatic N) is 3. The summed E-state index contributed by atoms with van der Waals surface area (Å²) in [4.78, 5) is 31.3. The summed E-state index contributed by atoms with van der Waals surface area (Å²) in [6, 6.07) is 3.27. The molecule has 24 heavy (non-hydrogen) atoms. The molecule has 0 aromatic carbocycles. The lowest BCUT2D eigenvalue weighted by Gasteiger charge is -2.44. The van der Waals surface area contributed by atoms with Crippen molar-refractivity contribution in [3.63, 3.8) is 0 Å². The van der Waals surface area contributed by atoms with Gasteiger partial charge in [-0.15, -0.1) is 0 Å². The number of pyridine rings is 1. The first-order chi connectivity index (χ1) is 11.1. The van der Waals surface area contributed by atoms with Crippen molar-refractivity contribution in [2.75, 3.05) is 18.0 Å². The maximum absolute atomic E-state index is 12.3. The summed E-state index contributed by atoms with van der Waals surface area (Å²) in [6.07, 6.45) is 1.05. The summed E-state index contributed by atoms with van der Waals surface area (Å²) in [5, 5.41) is 8.96. The van der Waals surface area contributed by atoms with Crippen molar-refractivity contribution >= 4 is 17.9 Å². The van der Waals surface area contributed by atoms with Crippen LogP contribution in [0.4, 0.5) is 10.6 Å². The van der Waals surface area contributed by atoms with Crippen molar-refractivity contribution < 1.29 is 19.4 Å². The Hall–Kier alpha value is -2.31. The lowest BCUT2D eigenvalue weighted by atomic mass is 10.1. The first kappa shape index (κ1) is 18.0. The molecule has 0 radical (unpaired) electrons. The average molecular weight is 335 g/mol. The number of amides is 1. The van der Waals surface area contributed by atoms with Crippen LogP contribution in [0.25, 0.3) is 0 Å². The molecule has 7 nitrogen and oxygen atoms in total. The molecule has 1 N–H and O–H groups in total. The van der Waals surface area contributed by atoms with E-state index >= 15 is 0 Å². The Bertz CT molecular complexity index is 609. The van der Waals surface area contributed by atoms with Gasteiger partial charge in [-0.05, 0) is 46.8 Å². The fraction of sp³-hybridized carbons (Fsp3) is 0.588. The molecule has 1 amide bonds. The summed E-state index contributed by atoms with van der Waals surface area (Å²) >= 11 is 0. The predicted octanol–water partition coefficient (Wildman–Crippen LogP) is 2.61. The van der Waals surface area contributed by atoms with E-state index in [1.54, 1.807) is 17.0 Å². The molecule has 0 spiro atoms. The van der Waals surface area contributed by atoms with Gasteiger partial charge in [-0.1, -0.05) is 0 Å². The second-order valence-corrected chi connectivity index (χ2v) is 7.19. The van der Waals surface area contributed by atoms with Gasteiger partial charge in [0.15, 0.2) is 0 Å². The number of hydrogen-bond acceptors (Lipinski definition) is 5. The summed E-state index contributed by atoms with van der Waals surface area (Å²) in [5.74, 6) is -0.284. The molecule has 2 atom stereocenters. The van der Waals surface area contributed by atoms with E-state index in [2.05, 4.69) is 9.88 Å². The Balaban J connectivity index is 2.10. The molecule has 1 aromatic rings. The molecule has 7 heteroatoms. The average Bonchev–Trinajstić information content (AvgIpc) is 2.47. The zero-order valence-electron chi connectivity index (χ0n) is 14.8. The molecule has 2 unspecified atom stereocenters. The quantitative estimate of drug-likeness (QED) is 0.894. The van der Waals surface area contributed by atoms with E-state index in [4.69, 9.17) is 9.84 Å². The summed E-state index contributed by atoms with van der Waals surface area (Å²) in [6.45, 7) is 10.7. The number of carboxylic acid groups (broad SMARTS) is 1. The van der Waals surface area contributed by atoms with Crippen molar-refractivity contribution in [2.45, 2.75) is 52.3 Å². The van der Waals surface area contributed by atoms with E-state index < -0.39 is 11.6 Å². The predicted molar refractivity (Wildman–Crippen MR) is 90.4 cm³/mol. The Morgan fingerprint density at radius 2 is 1.88 bits per heavy atom. The van der Waals surface area contributed by atoms with Crippen LogP contribution < -0.4 is 4.90 Å². The van der Waals surface area contributed by atoms with Gasteiger partial charge < -0.3 is 19.6 Å². The highest BCUT2D eigenvalue weighted by Gasteiger charge is 2.34. The minimum absolute atomic E-state index is 0.0306. The third-order valence-electron chi connectivity index (χ3n) is 3.90. The minimum Gasteiger partial charge on any atom is -0.478 e. The molecule has 132 valence electrons. The van der Waals surface area contributed by atoms with Gasteiger partial charge in [0, 0.05) is 31.4 Å². The van der Waals surface area contributed by atoms with Crippen LogP contribution in [0.1, 0.15) is 45.0 Å². The van der Waals surface area contributed by atoms with Gasteiger partial charge >= 0.3 is 12.1 Å². The number of anilines is 1. The topological polar surface area (TPSA) is 83.0 Å². The third kappa shape index (κ3) is 4.15. The maximum atomic E-state index is 12.3. The molecule has 1 saturated heterocycles. The number of ether oxygens (including phenoxy) is 1. The number of hydrogen-bond donors (Lipinski definition) is 1. The second-order valence-electron chi connectivity index (χ2n) is 7.19. The van der Waals surface area contributed by atoms with E-state index in [9.17, 15) is 9.59 Å². The largest absolute Gasteiger partial charge is 0.478 e. The third-order valence-corrected chi connectivity index (χ3v) is 3.90. The normalized spacial score (nSPS) is 21.5. The van der Waals surface area contributed by atoms with Crippen molar-refractivity contribution in [2.24, 2.45) is 0 Å². The van der Waals surface area contributed by atoms with E-state index in [0.29, 0.717) is 18.9 Å². The molecule has 0 saturated carbocycles. The number of rotatable bonds is 2. The molecule has 1 aliphatic rings. The van der Waals surface area contributed by atoms with Crippen LogP contribution in [0, 0.1) is 0 Å². The van der Waals surface area contributed by atoms with E-state index in [1.165, 1.54) is 6.20 Å². The Morgan fingerprint density at radius 3 is 2.38 bits per heavy atom. The molecule has 2 heterocycles. The molecule has 0 aliphatic carbocycles. The Morgan fingerprint density at radius 1 is 1.21 bits per heavy atom. The fourth-order valence-electron chi connectivity index (χ4n) is 2.70. The monoisotopic (exact) mass is 335 g/mol. The lowest BCUT2D eigenvalue weighted by Crippen LogP contribution is -2.59. The lowest BCUT2D eigenvalue weighted by molar-refractivity contribution is 0.0129. The van der Waals surface area contributed by atoms with E-state index in [1.807, 2.05) is 34.6 Å². The molecule has 1 aliphatic heterocycles. The van der Waals surface area contributed by atoms with Crippen LogP contribution >= 0.6 is 0 Å². The van der Waals surface area contributed by atoms with Crippen LogP contribution in [0.15, 0.2) is 18.3 Å². The van der Waals surface area contributed by atoms with Crippen LogP contribution in [0.5, 0.6) is 0 Å². The molecule has 1 fully saturated rings. The number of aromatic nitrogens is 1. The van der Waals surface area contributed by atoms with Crippen LogP contribution in [0.2, 0.25) is 0 Å². The van der Waals surface area contributed by atoms with Gasteiger partial charge in [-0.3, -0.25) is 0 Å². The zero-order chi connectivity index (χ0) is 18.1. The van der Waals surface area contributed by atoms with Gasteiger partial charge in [-0.2, -0.15) is 0 Å². The van der Waals surface area contributed by atoms with Crippen molar-refractivity contribution in [1.82, 2.24) is 9.88 Å². The maximum Gasteiger partial charge on any atom is 0.410 e. The van der Waals surface area contributed by atoms with Crippen molar-refractivity contribution in [3.8, 4) is 0 Å². The second kappa shape index (κ2) is 6.67. The molecular weight excluding hydrogens is 310 g/mol. The van der Waals surface area contributed by atoms with Crippen molar-refractivity contribution in [3.05, 3.63) is 23.9 Å².